The summed E-state index contributed by atoms with van der Waals surface area (Å²) < 4.78 is 5.61. The molecule has 0 saturated carbocycles. The molecule has 134 valence electrons. The Kier molecular flexibility index (Phi) is 6.68. The predicted octanol–water partition coefficient (Wildman–Crippen LogP) is 1.95. The van der Waals surface area contributed by atoms with Crippen molar-refractivity contribution in [2.24, 2.45) is 10.4 Å². The molecule has 1 aromatic heterocycles. The fraction of sp³-hybridized carbons (Fsp3) is 0.647. The average molecular weight is 445 g/mol. The van der Waals surface area contributed by atoms with E-state index in [0.29, 0.717) is 12.0 Å². The fourth-order valence-electron chi connectivity index (χ4n) is 3.40. The first-order chi connectivity index (χ1) is 11.1. The van der Waals surface area contributed by atoms with E-state index in [4.69, 9.17) is 4.74 Å². The van der Waals surface area contributed by atoms with E-state index >= 15 is 0 Å². The summed E-state index contributed by atoms with van der Waals surface area (Å²) in [4.78, 5) is 13.5. The minimum absolute atomic E-state index is 0. The van der Waals surface area contributed by atoms with E-state index in [1.54, 1.807) is 0 Å². The third-order valence-corrected chi connectivity index (χ3v) is 4.81. The number of halogens is 1. The Morgan fingerprint density at radius 3 is 2.92 bits per heavy atom. The van der Waals surface area contributed by atoms with Gasteiger partial charge in [0.15, 0.2) is 5.96 Å². The average Bonchev–Trinajstić information content (AvgIpc) is 3.19. The number of anilines is 1. The lowest BCUT2D eigenvalue weighted by Crippen LogP contribution is -2.41. The van der Waals surface area contributed by atoms with E-state index in [9.17, 15) is 0 Å². The highest BCUT2D eigenvalue weighted by molar-refractivity contribution is 14.0. The molecule has 3 heterocycles. The Balaban J connectivity index is 0.00000208. The molecule has 0 radical (unpaired) electrons. The van der Waals surface area contributed by atoms with Crippen LogP contribution in [0.3, 0.4) is 0 Å². The van der Waals surface area contributed by atoms with E-state index < -0.39 is 0 Å². The third-order valence-electron chi connectivity index (χ3n) is 4.81. The summed E-state index contributed by atoms with van der Waals surface area (Å²) in [5.74, 6) is 1.94. The van der Waals surface area contributed by atoms with Gasteiger partial charge < -0.3 is 19.9 Å². The van der Waals surface area contributed by atoms with Gasteiger partial charge in [0.1, 0.15) is 5.82 Å². The Labute approximate surface area is 161 Å². The molecule has 0 amide bonds. The summed E-state index contributed by atoms with van der Waals surface area (Å²) in [7, 11) is 5.86. The highest BCUT2D eigenvalue weighted by atomic mass is 127. The van der Waals surface area contributed by atoms with Gasteiger partial charge >= 0.3 is 0 Å². The third kappa shape index (κ3) is 4.30. The van der Waals surface area contributed by atoms with Crippen LogP contribution in [0, 0.1) is 5.41 Å². The van der Waals surface area contributed by atoms with Gasteiger partial charge in [-0.3, -0.25) is 4.99 Å². The van der Waals surface area contributed by atoms with Crippen molar-refractivity contribution < 1.29 is 4.74 Å². The summed E-state index contributed by atoms with van der Waals surface area (Å²) in [6.45, 7) is 4.58. The molecule has 24 heavy (non-hydrogen) atoms. The van der Waals surface area contributed by atoms with Crippen LogP contribution in [0.1, 0.15) is 18.5 Å². The number of nitrogens with one attached hydrogen (secondary N) is 1. The molecular formula is C17H28IN5O. The van der Waals surface area contributed by atoms with Crippen LogP contribution < -0.4 is 10.2 Å². The second kappa shape index (κ2) is 8.33. The lowest BCUT2D eigenvalue weighted by Gasteiger charge is -2.25. The first-order valence-corrected chi connectivity index (χ1v) is 8.28. The molecule has 2 saturated heterocycles. The van der Waals surface area contributed by atoms with Gasteiger partial charge in [0, 0.05) is 46.3 Å². The van der Waals surface area contributed by atoms with E-state index in [1.807, 2.05) is 44.2 Å². The van der Waals surface area contributed by atoms with Crippen LogP contribution in [-0.2, 0) is 11.3 Å². The number of pyridine rings is 1. The van der Waals surface area contributed by atoms with Crippen molar-refractivity contribution in [3.8, 4) is 0 Å². The van der Waals surface area contributed by atoms with E-state index in [-0.39, 0.29) is 24.0 Å². The summed E-state index contributed by atoms with van der Waals surface area (Å²) in [5.41, 5.74) is 1.37. The number of hydrogen-bond donors (Lipinski definition) is 1. The monoisotopic (exact) mass is 445 g/mol. The molecule has 1 unspecified atom stereocenters. The van der Waals surface area contributed by atoms with Gasteiger partial charge in [0.25, 0.3) is 0 Å². The second-order valence-electron chi connectivity index (χ2n) is 6.76. The Morgan fingerprint density at radius 2 is 2.25 bits per heavy atom. The van der Waals surface area contributed by atoms with Crippen LogP contribution in [0.15, 0.2) is 23.2 Å². The molecule has 0 aliphatic carbocycles. The first kappa shape index (κ1) is 19.2. The maximum atomic E-state index is 5.61. The smallest absolute Gasteiger partial charge is 0.193 e. The minimum atomic E-state index is 0. The van der Waals surface area contributed by atoms with Crippen molar-refractivity contribution in [3.63, 3.8) is 0 Å². The number of ether oxygens (including phenoxy) is 1. The molecule has 2 aliphatic heterocycles. The van der Waals surface area contributed by atoms with Crippen molar-refractivity contribution in [2.75, 3.05) is 52.3 Å². The molecule has 0 aromatic carbocycles. The van der Waals surface area contributed by atoms with Gasteiger partial charge in [-0.1, -0.05) is 6.07 Å². The van der Waals surface area contributed by atoms with Crippen molar-refractivity contribution in [3.05, 3.63) is 23.9 Å². The number of likely N-dealkylation sites (tertiary alicyclic amines) is 1. The normalized spacial score (nSPS) is 23.5. The fourth-order valence-corrected chi connectivity index (χ4v) is 3.40. The van der Waals surface area contributed by atoms with Crippen LogP contribution >= 0.6 is 24.0 Å². The molecular weight excluding hydrogens is 417 g/mol. The highest BCUT2D eigenvalue weighted by Gasteiger charge is 2.42. The maximum absolute atomic E-state index is 5.61. The van der Waals surface area contributed by atoms with Crippen LogP contribution in [-0.4, -0.2) is 63.3 Å². The Hall–Kier alpha value is -1.09. The summed E-state index contributed by atoms with van der Waals surface area (Å²) in [6.07, 6.45) is 2.37. The van der Waals surface area contributed by atoms with Crippen LogP contribution in [0.4, 0.5) is 5.82 Å². The topological polar surface area (TPSA) is 53.0 Å². The van der Waals surface area contributed by atoms with E-state index in [2.05, 4.69) is 20.2 Å². The Morgan fingerprint density at radius 1 is 1.42 bits per heavy atom. The number of aliphatic imine (C=N–C) groups is 1. The number of rotatable bonds is 3. The summed E-state index contributed by atoms with van der Waals surface area (Å²) in [6, 6.07) is 6.11. The van der Waals surface area contributed by atoms with Crippen LogP contribution in [0.25, 0.3) is 0 Å². The SMILES string of the molecule is CN=C(NCc1cccc(N(C)C)n1)N1CCC2(CCOC2)C1.I. The minimum Gasteiger partial charge on any atom is -0.381 e. The first-order valence-electron chi connectivity index (χ1n) is 8.28. The van der Waals surface area contributed by atoms with Gasteiger partial charge in [-0.05, 0) is 25.0 Å². The number of hydrogen-bond acceptors (Lipinski definition) is 4. The largest absolute Gasteiger partial charge is 0.381 e. The predicted molar refractivity (Wildman–Crippen MR) is 108 cm³/mol. The van der Waals surface area contributed by atoms with Crippen LogP contribution in [0.5, 0.6) is 0 Å². The summed E-state index contributed by atoms with van der Waals surface area (Å²) >= 11 is 0. The molecule has 1 aromatic rings. The summed E-state index contributed by atoms with van der Waals surface area (Å²) in [5, 5.41) is 3.45. The molecule has 1 spiro atoms. The molecule has 2 aliphatic rings. The Bertz CT molecular complexity index is 572. The van der Waals surface area contributed by atoms with Gasteiger partial charge in [-0.15, -0.1) is 24.0 Å². The number of aromatic nitrogens is 1. The molecule has 1 atom stereocenters. The van der Waals surface area contributed by atoms with Gasteiger partial charge in [0.05, 0.1) is 18.8 Å². The van der Waals surface area contributed by atoms with E-state index in [1.165, 1.54) is 12.8 Å². The molecule has 2 fully saturated rings. The molecule has 3 rings (SSSR count). The van der Waals surface area contributed by atoms with Gasteiger partial charge in [0.2, 0.25) is 0 Å². The quantitative estimate of drug-likeness (QED) is 0.438. The standard InChI is InChI=1S/C17H27N5O.HI/c1-18-16(22-9-7-17(12-22)8-10-23-13-17)19-11-14-5-4-6-15(20-14)21(2)3;/h4-6H,7-13H2,1-3H3,(H,18,19);1H. The van der Waals surface area contributed by atoms with Gasteiger partial charge in [-0.2, -0.15) is 0 Å². The second-order valence-corrected chi connectivity index (χ2v) is 6.76. The van der Waals surface area contributed by atoms with Crippen molar-refractivity contribution in [1.82, 2.24) is 15.2 Å². The molecule has 6 nitrogen and oxygen atoms in total. The molecule has 7 heteroatoms. The maximum Gasteiger partial charge on any atom is 0.193 e. The molecule has 0 bridgehead atoms. The zero-order chi connectivity index (χ0) is 16.3. The van der Waals surface area contributed by atoms with Crippen molar-refractivity contribution in [1.29, 1.82) is 0 Å². The van der Waals surface area contributed by atoms with Gasteiger partial charge in [-0.25, -0.2) is 4.98 Å². The van der Waals surface area contributed by atoms with Crippen molar-refractivity contribution >= 4 is 35.8 Å². The zero-order valence-electron chi connectivity index (χ0n) is 14.8. The lowest BCUT2D eigenvalue weighted by molar-refractivity contribution is 0.156. The van der Waals surface area contributed by atoms with E-state index in [0.717, 1.165) is 43.8 Å². The highest BCUT2D eigenvalue weighted by Crippen LogP contribution is 2.38. The number of nitrogens with zero attached hydrogens (tertiary/aromatic N) is 4. The zero-order valence-corrected chi connectivity index (χ0v) is 17.1. The van der Waals surface area contributed by atoms with Crippen molar-refractivity contribution in [2.45, 2.75) is 19.4 Å². The molecule has 1 N–H and O–H groups in total. The number of guanidine groups is 1. The lowest BCUT2D eigenvalue weighted by atomic mass is 9.87. The van der Waals surface area contributed by atoms with Crippen LogP contribution in [0.2, 0.25) is 0 Å².